The number of nitrogens with zero attached hydrogens (tertiary/aromatic N) is 4. The van der Waals surface area contributed by atoms with Crippen molar-refractivity contribution < 1.29 is 0 Å². The average Bonchev–Trinajstić information content (AvgIpc) is 2.99. The van der Waals surface area contributed by atoms with Crippen LogP contribution in [0.5, 0.6) is 0 Å². The molecule has 1 saturated carbocycles. The molecule has 1 aliphatic heterocycles. The van der Waals surface area contributed by atoms with Gasteiger partial charge in [0.25, 0.3) is 0 Å². The lowest BCUT2D eigenvalue weighted by molar-refractivity contribution is 0.326. The van der Waals surface area contributed by atoms with Crippen LogP contribution in [0.25, 0.3) is 0 Å². The van der Waals surface area contributed by atoms with Gasteiger partial charge in [0.15, 0.2) is 0 Å². The summed E-state index contributed by atoms with van der Waals surface area (Å²) in [6.45, 7) is 2.19. The van der Waals surface area contributed by atoms with E-state index >= 15 is 0 Å². The zero-order valence-electron chi connectivity index (χ0n) is 9.24. The number of likely N-dealkylation sites (tertiary alicyclic amines) is 1. The molecule has 1 atom stereocenters. The molecule has 1 N–H and O–H groups in total. The summed E-state index contributed by atoms with van der Waals surface area (Å²) in [5.74, 6) is 0.470. The first-order chi connectivity index (χ1) is 8.20. The molecule has 1 aromatic rings. The van der Waals surface area contributed by atoms with E-state index in [1.807, 2.05) is 0 Å². The highest BCUT2D eigenvalue weighted by Crippen LogP contribution is 2.30. The number of halogens is 2. The highest BCUT2D eigenvalue weighted by atomic mass is 35.5. The summed E-state index contributed by atoms with van der Waals surface area (Å²) in [5, 5.41) is 3.52. The molecule has 1 aromatic heterocycles. The number of rotatable bonds is 3. The summed E-state index contributed by atoms with van der Waals surface area (Å²) in [4.78, 5) is 14.3. The van der Waals surface area contributed by atoms with Gasteiger partial charge in [-0.1, -0.05) is 0 Å². The minimum atomic E-state index is 0.129. The minimum absolute atomic E-state index is 0.129. The third kappa shape index (κ3) is 2.78. The van der Waals surface area contributed by atoms with Crippen LogP contribution in [0, 0.1) is 0 Å². The maximum absolute atomic E-state index is 5.73. The fourth-order valence-corrected chi connectivity index (χ4v) is 2.61. The van der Waals surface area contributed by atoms with Crippen LogP contribution in [-0.2, 0) is 0 Å². The van der Waals surface area contributed by atoms with Crippen molar-refractivity contribution >= 4 is 29.2 Å². The molecule has 0 radical (unpaired) electrons. The van der Waals surface area contributed by atoms with Crippen LogP contribution < -0.4 is 5.32 Å². The molecule has 7 heteroatoms. The van der Waals surface area contributed by atoms with Crippen LogP contribution in [0.4, 0.5) is 5.95 Å². The van der Waals surface area contributed by atoms with Gasteiger partial charge in [-0.2, -0.15) is 15.0 Å². The third-order valence-electron chi connectivity index (χ3n) is 3.20. The summed E-state index contributed by atoms with van der Waals surface area (Å²) < 4.78 is 0. The molecule has 0 spiro atoms. The highest BCUT2D eigenvalue weighted by molar-refractivity contribution is 6.31. The van der Waals surface area contributed by atoms with Crippen LogP contribution in [0.1, 0.15) is 19.3 Å². The van der Waals surface area contributed by atoms with Crippen molar-refractivity contribution in [1.29, 1.82) is 0 Å². The molecule has 1 saturated heterocycles. The molecule has 1 aliphatic carbocycles. The van der Waals surface area contributed by atoms with Crippen molar-refractivity contribution in [2.45, 2.75) is 31.3 Å². The second kappa shape index (κ2) is 4.55. The lowest BCUT2D eigenvalue weighted by Crippen LogP contribution is -2.28. The minimum Gasteiger partial charge on any atom is -0.350 e. The van der Waals surface area contributed by atoms with Crippen molar-refractivity contribution in [2.24, 2.45) is 0 Å². The van der Waals surface area contributed by atoms with E-state index in [1.54, 1.807) is 0 Å². The zero-order valence-corrected chi connectivity index (χ0v) is 10.7. The summed E-state index contributed by atoms with van der Waals surface area (Å²) in [6, 6.07) is 1.19. The summed E-state index contributed by atoms with van der Waals surface area (Å²) in [5.41, 5.74) is 0. The van der Waals surface area contributed by atoms with E-state index in [2.05, 4.69) is 25.2 Å². The fourth-order valence-electron chi connectivity index (χ4n) is 2.25. The Kier molecular flexibility index (Phi) is 3.06. The van der Waals surface area contributed by atoms with E-state index in [9.17, 15) is 0 Å². The van der Waals surface area contributed by atoms with Gasteiger partial charge in [-0.05, 0) is 42.5 Å². The molecule has 92 valence electrons. The molecule has 17 heavy (non-hydrogen) atoms. The number of hydrogen-bond acceptors (Lipinski definition) is 5. The predicted molar refractivity (Wildman–Crippen MR) is 66.5 cm³/mol. The maximum Gasteiger partial charge on any atom is 0.228 e. The zero-order chi connectivity index (χ0) is 11.8. The smallest absolute Gasteiger partial charge is 0.228 e. The van der Waals surface area contributed by atoms with E-state index in [0.717, 1.165) is 25.6 Å². The summed E-state index contributed by atoms with van der Waals surface area (Å²) in [7, 11) is 0. The molecule has 1 unspecified atom stereocenters. The van der Waals surface area contributed by atoms with Gasteiger partial charge in [-0.3, -0.25) is 4.90 Å². The summed E-state index contributed by atoms with van der Waals surface area (Å²) in [6.07, 6.45) is 3.80. The third-order valence-corrected chi connectivity index (χ3v) is 3.54. The maximum atomic E-state index is 5.73. The SMILES string of the molecule is Clc1nc(Cl)nc(NC2CCN(C3CC3)C2)n1. The van der Waals surface area contributed by atoms with Crippen LogP contribution >= 0.6 is 23.2 Å². The van der Waals surface area contributed by atoms with Crippen LogP contribution in [0.2, 0.25) is 10.6 Å². The van der Waals surface area contributed by atoms with E-state index in [-0.39, 0.29) is 10.6 Å². The van der Waals surface area contributed by atoms with Crippen molar-refractivity contribution in [1.82, 2.24) is 19.9 Å². The van der Waals surface area contributed by atoms with Crippen molar-refractivity contribution in [3.05, 3.63) is 10.6 Å². The Bertz CT molecular complexity index is 403. The second-order valence-electron chi connectivity index (χ2n) is 4.55. The molecule has 0 amide bonds. The van der Waals surface area contributed by atoms with Gasteiger partial charge in [0.05, 0.1) is 0 Å². The number of aromatic nitrogens is 3. The molecule has 2 fully saturated rings. The second-order valence-corrected chi connectivity index (χ2v) is 5.23. The predicted octanol–water partition coefficient (Wildman–Crippen LogP) is 1.83. The van der Waals surface area contributed by atoms with Crippen LogP contribution in [0.15, 0.2) is 0 Å². The number of hydrogen-bond donors (Lipinski definition) is 1. The van der Waals surface area contributed by atoms with Gasteiger partial charge in [0.1, 0.15) is 0 Å². The standard InChI is InChI=1S/C10H13Cl2N5/c11-8-14-9(12)16-10(15-8)13-6-3-4-17(5-6)7-1-2-7/h6-7H,1-5H2,(H,13,14,15,16). The Morgan fingerprint density at radius 2 is 1.76 bits per heavy atom. The average molecular weight is 274 g/mol. The first-order valence-corrected chi connectivity index (χ1v) is 6.54. The Hall–Kier alpha value is -0.650. The molecule has 3 rings (SSSR count). The van der Waals surface area contributed by atoms with E-state index in [4.69, 9.17) is 23.2 Å². The Balaban J connectivity index is 1.62. The highest BCUT2D eigenvalue weighted by Gasteiger charge is 2.34. The lowest BCUT2D eigenvalue weighted by atomic mass is 10.3. The monoisotopic (exact) mass is 273 g/mol. The van der Waals surface area contributed by atoms with Gasteiger partial charge in [0.2, 0.25) is 16.5 Å². The molecular weight excluding hydrogens is 261 g/mol. The molecule has 0 aromatic carbocycles. The molecule has 2 aliphatic rings. The van der Waals surface area contributed by atoms with Crippen molar-refractivity contribution in [3.8, 4) is 0 Å². The Morgan fingerprint density at radius 1 is 1.06 bits per heavy atom. The van der Waals surface area contributed by atoms with Gasteiger partial charge < -0.3 is 5.32 Å². The van der Waals surface area contributed by atoms with Gasteiger partial charge >= 0.3 is 0 Å². The van der Waals surface area contributed by atoms with Crippen molar-refractivity contribution in [3.63, 3.8) is 0 Å². The Labute approximate surface area is 110 Å². The topological polar surface area (TPSA) is 53.9 Å². The van der Waals surface area contributed by atoms with Gasteiger partial charge in [-0.25, -0.2) is 0 Å². The van der Waals surface area contributed by atoms with E-state index in [0.29, 0.717) is 12.0 Å². The largest absolute Gasteiger partial charge is 0.350 e. The number of nitrogens with one attached hydrogen (secondary N) is 1. The van der Waals surface area contributed by atoms with Gasteiger partial charge in [0, 0.05) is 25.2 Å². The molecule has 2 heterocycles. The molecule has 0 bridgehead atoms. The van der Waals surface area contributed by atoms with Crippen LogP contribution in [0.3, 0.4) is 0 Å². The summed E-state index contributed by atoms with van der Waals surface area (Å²) >= 11 is 11.5. The molecular formula is C10H13Cl2N5. The van der Waals surface area contributed by atoms with Crippen molar-refractivity contribution in [2.75, 3.05) is 18.4 Å². The first-order valence-electron chi connectivity index (χ1n) is 5.78. The van der Waals surface area contributed by atoms with Gasteiger partial charge in [-0.15, -0.1) is 0 Å². The normalized spacial score (nSPS) is 25.2. The van der Waals surface area contributed by atoms with E-state index in [1.165, 1.54) is 12.8 Å². The quantitative estimate of drug-likeness (QED) is 0.911. The Morgan fingerprint density at radius 3 is 2.41 bits per heavy atom. The van der Waals surface area contributed by atoms with Crippen LogP contribution in [-0.4, -0.2) is 45.0 Å². The first kappa shape index (κ1) is 11.4. The fraction of sp³-hybridized carbons (Fsp3) is 0.700. The molecule has 5 nitrogen and oxygen atoms in total. The lowest BCUT2D eigenvalue weighted by Gasteiger charge is -2.15. The number of anilines is 1. The van der Waals surface area contributed by atoms with E-state index < -0.39 is 0 Å².